The van der Waals surface area contributed by atoms with E-state index in [-0.39, 0.29) is 0 Å². The molecule has 0 saturated heterocycles. The Morgan fingerprint density at radius 2 is 1.92 bits per heavy atom. The molecule has 0 unspecified atom stereocenters. The van der Waals surface area contributed by atoms with Crippen molar-refractivity contribution in [1.29, 1.82) is 5.26 Å². The summed E-state index contributed by atoms with van der Waals surface area (Å²) in [5.74, 6) is 0.585. The van der Waals surface area contributed by atoms with Crippen LogP contribution in [0.15, 0.2) is 12.1 Å². The Kier molecular flexibility index (Phi) is 1.84. The van der Waals surface area contributed by atoms with Crippen LogP contribution < -0.4 is 0 Å². The summed E-state index contributed by atoms with van der Waals surface area (Å²) < 4.78 is 0. The summed E-state index contributed by atoms with van der Waals surface area (Å²) in [6.07, 6.45) is 2.26. The molecule has 0 saturated carbocycles. The molecule has 1 aromatic carbocycles. The zero-order chi connectivity index (χ0) is 9.42. The lowest BCUT2D eigenvalue weighted by Gasteiger charge is -2.25. The molecule has 2 rings (SSSR count). The number of hydrogen-bond donors (Lipinski definition) is 0. The molecule has 66 valence electrons. The largest absolute Gasteiger partial charge is 0.192 e. The molecule has 1 heteroatoms. The highest BCUT2D eigenvalue weighted by Crippen LogP contribution is 2.33. The average molecular weight is 171 g/mol. The molecule has 0 heterocycles. The number of rotatable bonds is 1. The van der Waals surface area contributed by atoms with Crippen LogP contribution >= 0.6 is 0 Å². The average Bonchev–Trinajstić information content (AvgIpc) is 2.05. The third-order valence-corrected chi connectivity index (χ3v) is 2.83. The Balaban J connectivity index is 2.56. The number of nitrogens with zero attached hydrogens (tertiary/aromatic N) is 1. The minimum atomic E-state index is 0.585. The van der Waals surface area contributed by atoms with E-state index in [2.05, 4.69) is 26.0 Å². The first-order chi connectivity index (χ1) is 6.24. The van der Waals surface area contributed by atoms with E-state index in [1.165, 1.54) is 23.1 Å². The SMILES string of the molecule is CC(C)c1ccc(C#N)c2c1CC2. The smallest absolute Gasteiger partial charge is 0.0994 e. The lowest BCUT2D eigenvalue weighted by Crippen LogP contribution is -2.14. The van der Waals surface area contributed by atoms with E-state index in [0.29, 0.717) is 5.92 Å². The normalized spacial score (nSPS) is 13.4. The van der Waals surface area contributed by atoms with Gasteiger partial charge in [0.25, 0.3) is 0 Å². The van der Waals surface area contributed by atoms with Gasteiger partial charge in [0.15, 0.2) is 0 Å². The molecule has 1 aliphatic rings. The molecule has 13 heavy (non-hydrogen) atoms. The highest BCUT2D eigenvalue weighted by molar-refractivity contribution is 5.52. The van der Waals surface area contributed by atoms with Gasteiger partial charge in [0.05, 0.1) is 11.6 Å². The van der Waals surface area contributed by atoms with Gasteiger partial charge in [0.2, 0.25) is 0 Å². The Morgan fingerprint density at radius 3 is 2.38 bits per heavy atom. The van der Waals surface area contributed by atoms with E-state index in [0.717, 1.165) is 12.0 Å². The van der Waals surface area contributed by atoms with Gasteiger partial charge in [-0.15, -0.1) is 0 Å². The molecule has 0 spiro atoms. The van der Waals surface area contributed by atoms with Crippen molar-refractivity contribution in [1.82, 2.24) is 0 Å². The first-order valence-corrected chi connectivity index (χ1v) is 4.78. The van der Waals surface area contributed by atoms with Crippen molar-refractivity contribution in [3.8, 4) is 6.07 Å². The van der Waals surface area contributed by atoms with Crippen LogP contribution in [0.5, 0.6) is 0 Å². The van der Waals surface area contributed by atoms with Crippen LogP contribution in [-0.2, 0) is 12.8 Å². The highest BCUT2D eigenvalue weighted by Gasteiger charge is 2.21. The van der Waals surface area contributed by atoms with Crippen molar-refractivity contribution in [2.45, 2.75) is 32.6 Å². The first kappa shape index (κ1) is 8.31. The van der Waals surface area contributed by atoms with Crippen LogP contribution in [0.25, 0.3) is 0 Å². The zero-order valence-electron chi connectivity index (χ0n) is 8.09. The molecular weight excluding hydrogens is 158 g/mol. The summed E-state index contributed by atoms with van der Waals surface area (Å²) >= 11 is 0. The predicted molar refractivity (Wildman–Crippen MR) is 52.7 cm³/mol. The summed E-state index contributed by atoms with van der Waals surface area (Å²) in [5, 5.41) is 8.86. The van der Waals surface area contributed by atoms with E-state index in [4.69, 9.17) is 5.26 Å². The van der Waals surface area contributed by atoms with Crippen molar-refractivity contribution in [2.75, 3.05) is 0 Å². The van der Waals surface area contributed by atoms with Gasteiger partial charge in [-0.25, -0.2) is 0 Å². The minimum absolute atomic E-state index is 0.585. The fourth-order valence-electron chi connectivity index (χ4n) is 2.01. The second kappa shape index (κ2) is 2.88. The van der Waals surface area contributed by atoms with E-state index in [9.17, 15) is 0 Å². The van der Waals surface area contributed by atoms with Gasteiger partial charge in [0.1, 0.15) is 0 Å². The fraction of sp³-hybridized carbons (Fsp3) is 0.417. The molecule has 1 nitrogen and oxygen atoms in total. The van der Waals surface area contributed by atoms with Crippen molar-refractivity contribution >= 4 is 0 Å². The number of hydrogen-bond acceptors (Lipinski definition) is 1. The molecular formula is C12H13N. The van der Waals surface area contributed by atoms with Crippen LogP contribution in [0.4, 0.5) is 0 Å². The Morgan fingerprint density at radius 1 is 1.23 bits per heavy atom. The van der Waals surface area contributed by atoms with Gasteiger partial charge in [-0.1, -0.05) is 19.9 Å². The standard InChI is InChI=1S/C12H13N/c1-8(2)10-4-3-9(7-13)11-5-6-12(10)11/h3-4,8H,5-6H2,1-2H3. The van der Waals surface area contributed by atoms with Crippen LogP contribution in [0.2, 0.25) is 0 Å². The number of nitriles is 1. The molecule has 0 amide bonds. The highest BCUT2D eigenvalue weighted by atomic mass is 14.3. The van der Waals surface area contributed by atoms with Crippen molar-refractivity contribution < 1.29 is 0 Å². The Bertz CT molecular complexity index is 383. The summed E-state index contributed by atoms with van der Waals surface area (Å²) in [7, 11) is 0. The fourth-order valence-corrected chi connectivity index (χ4v) is 2.01. The summed E-state index contributed by atoms with van der Waals surface area (Å²) in [4.78, 5) is 0. The number of benzene rings is 1. The lowest BCUT2D eigenvalue weighted by atomic mass is 9.79. The van der Waals surface area contributed by atoms with Crippen LogP contribution in [-0.4, -0.2) is 0 Å². The Labute approximate surface area is 79.0 Å². The van der Waals surface area contributed by atoms with Crippen LogP contribution in [0.1, 0.15) is 42.0 Å². The van der Waals surface area contributed by atoms with Gasteiger partial charge in [-0.2, -0.15) is 5.26 Å². The maximum absolute atomic E-state index is 8.86. The second-order valence-corrected chi connectivity index (χ2v) is 3.93. The molecule has 0 N–H and O–H groups in total. The summed E-state index contributed by atoms with van der Waals surface area (Å²) in [6.45, 7) is 4.42. The second-order valence-electron chi connectivity index (χ2n) is 3.93. The van der Waals surface area contributed by atoms with Gasteiger partial charge in [-0.3, -0.25) is 0 Å². The van der Waals surface area contributed by atoms with Gasteiger partial charge < -0.3 is 0 Å². The summed E-state index contributed by atoms with van der Waals surface area (Å²) in [6, 6.07) is 6.33. The molecule has 0 fully saturated rings. The van der Waals surface area contributed by atoms with E-state index < -0.39 is 0 Å². The molecule has 0 aromatic heterocycles. The van der Waals surface area contributed by atoms with E-state index >= 15 is 0 Å². The first-order valence-electron chi connectivity index (χ1n) is 4.78. The minimum Gasteiger partial charge on any atom is -0.192 e. The monoisotopic (exact) mass is 171 g/mol. The van der Waals surface area contributed by atoms with Gasteiger partial charge in [-0.05, 0) is 41.5 Å². The van der Waals surface area contributed by atoms with Gasteiger partial charge in [0, 0.05) is 0 Å². The van der Waals surface area contributed by atoms with E-state index in [1.54, 1.807) is 0 Å². The molecule has 1 aliphatic carbocycles. The van der Waals surface area contributed by atoms with Gasteiger partial charge >= 0.3 is 0 Å². The van der Waals surface area contributed by atoms with Crippen LogP contribution in [0, 0.1) is 11.3 Å². The molecule has 0 aliphatic heterocycles. The van der Waals surface area contributed by atoms with Crippen LogP contribution in [0.3, 0.4) is 0 Å². The Hall–Kier alpha value is -1.29. The number of fused-ring (bicyclic) bond motifs is 1. The lowest BCUT2D eigenvalue weighted by molar-refractivity contribution is 0.765. The third kappa shape index (κ3) is 1.14. The van der Waals surface area contributed by atoms with Crippen molar-refractivity contribution in [3.05, 3.63) is 34.4 Å². The zero-order valence-corrected chi connectivity index (χ0v) is 8.09. The van der Waals surface area contributed by atoms with Crippen molar-refractivity contribution in [2.24, 2.45) is 0 Å². The molecule has 1 aromatic rings. The predicted octanol–water partition coefficient (Wildman–Crippen LogP) is 2.78. The summed E-state index contributed by atoms with van der Waals surface area (Å²) in [5.41, 5.74) is 5.05. The quantitative estimate of drug-likeness (QED) is 0.637. The van der Waals surface area contributed by atoms with Crippen molar-refractivity contribution in [3.63, 3.8) is 0 Å². The molecule has 0 atom stereocenters. The maximum atomic E-state index is 8.86. The maximum Gasteiger partial charge on any atom is 0.0994 e. The molecule has 0 radical (unpaired) electrons. The third-order valence-electron chi connectivity index (χ3n) is 2.83. The molecule has 0 bridgehead atoms. The van der Waals surface area contributed by atoms with E-state index in [1.807, 2.05) is 6.07 Å². The topological polar surface area (TPSA) is 23.8 Å².